The highest BCUT2D eigenvalue weighted by atomic mass is 19.4. The van der Waals surface area contributed by atoms with Crippen molar-refractivity contribution >= 4 is 0 Å². The van der Waals surface area contributed by atoms with Gasteiger partial charge in [0.1, 0.15) is 0 Å². The molecule has 0 radical (unpaired) electrons. The van der Waals surface area contributed by atoms with E-state index < -0.39 is 12.6 Å². The molecule has 0 aromatic rings. The normalized spacial score (nSPS) is 27.2. The van der Waals surface area contributed by atoms with Crippen LogP contribution in [0.4, 0.5) is 13.2 Å². The first-order valence-electron chi connectivity index (χ1n) is 7.24. The molecule has 1 saturated carbocycles. The molecular weight excluding hydrogens is 239 g/mol. The third-order valence-corrected chi connectivity index (χ3v) is 4.19. The first-order valence-corrected chi connectivity index (χ1v) is 7.24. The standard InChI is InChI=1S/C14H26F3N/c1-2-4-11-6-8-12(9-7-11)13(18)5-3-10-14(15,16)17/h11-13H,2-10,18H2,1H3. The predicted octanol–water partition coefficient (Wildman–Crippen LogP) is 4.65. The SMILES string of the molecule is CCCC1CCC(C(N)CCCC(F)(F)F)CC1. The zero-order valence-electron chi connectivity index (χ0n) is 11.3. The lowest BCUT2D eigenvalue weighted by Crippen LogP contribution is -2.33. The van der Waals surface area contributed by atoms with E-state index >= 15 is 0 Å². The van der Waals surface area contributed by atoms with Gasteiger partial charge in [-0.05, 0) is 37.5 Å². The minimum atomic E-state index is -4.03. The van der Waals surface area contributed by atoms with E-state index in [1.807, 2.05) is 0 Å². The lowest BCUT2D eigenvalue weighted by molar-refractivity contribution is -0.135. The Balaban J connectivity index is 2.17. The number of nitrogens with two attached hydrogens (primary N) is 1. The fourth-order valence-electron chi connectivity index (χ4n) is 3.09. The number of hydrogen-bond acceptors (Lipinski definition) is 1. The summed E-state index contributed by atoms with van der Waals surface area (Å²) in [4.78, 5) is 0. The Bertz CT molecular complexity index is 220. The van der Waals surface area contributed by atoms with Gasteiger partial charge < -0.3 is 5.73 Å². The maximum atomic E-state index is 12.0. The summed E-state index contributed by atoms with van der Waals surface area (Å²) >= 11 is 0. The molecular formula is C14H26F3N. The Hall–Kier alpha value is -0.250. The Morgan fingerprint density at radius 3 is 2.28 bits per heavy atom. The molecule has 1 nitrogen and oxygen atoms in total. The van der Waals surface area contributed by atoms with Crippen molar-refractivity contribution in [2.45, 2.75) is 76.9 Å². The van der Waals surface area contributed by atoms with E-state index in [9.17, 15) is 13.2 Å². The molecule has 1 aliphatic carbocycles. The van der Waals surface area contributed by atoms with E-state index in [1.165, 1.54) is 25.7 Å². The fourth-order valence-corrected chi connectivity index (χ4v) is 3.09. The highest BCUT2D eigenvalue weighted by Crippen LogP contribution is 2.34. The minimum absolute atomic E-state index is 0.0325. The van der Waals surface area contributed by atoms with Crippen LogP contribution in [0.5, 0.6) is 0 Å². The van der Waals surface area contributed by atoms with Gasteiger partial charge in [-0.15, -0.1) is 0 Å². The van der Waals surface area contributed by atoms with Gasteiger partial charge in [-0.3, -0.25) is 0 Å². The quantitative estimate of drug-likeness (QED) is 0.743. The highest BCUT2D eigenvalue weighted by Gasteiger charge is 2.28. The third-order valence-electron chi connectivity index (χ3n) is 4.19. The molecule has 1 fully saturated rings. The van der Waals surface area contributed by atoms with E-state index in [-0.39, 0.29) is 12.5 Å². The number of halogens is 3. The second kappa shape index (κ2) is 7.37. The van der Waals surface area contributed by atoms with Crippen molar-refractivity contribution in [3.63, 3.8) is 0 Å². The van der Waals surface area contributed by atoms with Gasteiger partial charge in [-0.2, -0.15) is 13.2 Å². The summed E-state index contributed by atoms with van der Waals surface area (Å²) in [5.41, 5.74) is 6.03. The first kappa shape index (κ1) is 15.8. The second-order valence-corrected chi connectivity index (χ2v) is 5.74. The Morgan fingerprint density at radius 1 is 1.17 bits per heavy atom. The van der Waals surface area contributed by atoms with Crippen LogP contribution >= 0.6 is 0 Å². The largest absolute Gasteiger partial charge is 0.389 e. The van der Waals surface area contributed by atoms with Crippen molar-refractivity contribution in [2.24, 2.45) is 17.6 Å². The Labute approximate surface area is 108 Å². The van der Waals surface area contributed by atoms with Crippen molar-refractivity contribution in [2.75, 3.05) is 0 Å². The van der Waals surface area contributed by atoms with Gasteiger partial charge in [0.15, 0.2) is 0 Å². The van der Waals surface area contributed by atoms with Crippen LogP contribution in [0, 0.1) is 11.8 Å². The molecule has 1 aliphatic rings. The molecule has 0 bridgehead atoms. The average Bonchev–Trinajstić information content (AvgIpc) is 2.28. The molecule has 0 aromatic carbocycles. The molecule has 4 heteroatoms. The number of alkyl halides is 3. The van der Waals surface area contributed by atoms with Gasteiger partial charge >= 0.3 is 6.18 Å². The van der Waals surface area contributed by atoms with Crippen LogP contribution in [0.25, 0.3) is 0 Å². The topological polar surface area (TPSA) is 26.0 Å². The van der Waals surface area contributed by atoms with Crippen molar-refractivity contribution in [1.82, 2.24) is 0 Å². The van der Waals surface area contributed by atoms with Crippen LogP contribution in [0.2, 0.25) is 0 Å². The average molecular weight is 265 g/mol. The summed E-state index contributed by atoms with van der Waals surface area (Å²) in [5.74, 6) is 1.28. The highest BCUT2D eigenvalue weighted by molar-refractivity contribution is 4.80. The molecule has 0 aromatic heterocycles. The Morgan fingerprint density at radius 2 is 1.78 bits per heavy atom. The van der Waals surface area contributed by atoms with Crippen molar-refractivity contribution in [1.29, 1.82) is 0 Å². The molecule has 1 atom stereocenters. The smallest absolute Gasteiger partial charge is 0.327 e. The van der Waals surface area contributed by atoms with Gasteiger partial charge in [0.2, 0.25) is 0 Å². The monoisotopic (exact) mass is 265 g/mol. The van der Waals surface area contributed by atoms with Gasteiger partial charge in [0.05, 0.1) is 0 Å². The van der Waals surface area contributed by atoms with E-state index in [0.29, 0.717) is 12.3 Å². The van der Waals surface area contributed by atoms with Gasteiger partial charge in [0, 0.05) is 12.5 Å². The fraction of sp³-hybridized carbons (Fsp3) is 1.00. The third kappa shape index (κ3) is 6.07. The summed E-state index contributed by atoms with van der Waals surface area (Å²) in [6.07, 6.45) is 3.14. The number of rotatable bonds is 6. The van der Waals surface area contributed by atoms with Gasteiger partial charge in [0.25, 0.3) is 0 Å². The van der Waals surface area contributed by atoms with Gasteiger partial charge in [-0.25, -0.2) is 0 Å². The molecule has 0 amide bonds. The van der Waals surface area contributed by atoms with E-state index in [4.69, 9.17) is 5.73 Å². The summed E-state index contributed by atoms with van der Waals surface area (Å²) in [6, 6.07) is -0.0325. The summed E-state index contributed by atoms with van der Waals surface area (Å²) in [6.45, 7) is 2.20. The molecule has 2 N–H and O–H groups in total. The van der Waals surface area contributed by atoms with Crippen molar-refractivity contribution in [3.05, 3.63) is 0 Å². The van der Waals surface area contributed by atoms with E-state index in [2.05, 4.69) is 6.92 Å². The van der Waals surface area contributed by atoms with Crippen LogP contribution in [0.15, 0.2) is 0 Å². The van der Waals surface area contributed by atoms with Gasteiger partial charge in [-0.1, -0.05) is 32.6 Å². The zero-order chi connectivity index (χ0) is 13.6. The molecule has 0 heterocycles. The van der Waals surface area contributed by atoms with Crippen molar-refractivity contribution in [3.8, 4) is 0 Å². The molecule has 108 valence electrons. The number of hydrogen-bond donors (Lipinski definition) is 1. The maximum Gasteiger partial charge on any atom is 0.389 e. The first-order chi connectivity index (χ1) is 8.42. The lowest BCUT2D eigenvalue weighted by Gasteiger charge is -2.32. The summed E-state index contributed by atoms with van der Waals surface area (Å²) < 4.78 is 36.1. The minimum Gasteiger partial charge on any atom is -0.327 e. The Kier molecular flexibility index (Phi) is 6.47. The summed E-state index contributed by atoms with van der Waals surface area (Å²) in [5, 5.41) is 0. The van der Waals surface area contributed by atoms with Crippen LogP contribution < -0.4 is 5.73 Å². The molecule has 0 saturated heterocycles. The summed E-state index contributed by atoms with van der Waals surface area (Å²) in [7, 11) is 0. The maximum absolute atomic E-state index is 12.0. The van der Waals surface area contributed by atoms with Crippen LogP contribution in [-0.2, 0) is 0 Å². The lowest BCUT2D eigenvalue weighted by atomic mass is 9.76. The van der Waals surface area contributed by atoms with Crippen LogP contribution in [-0.4, -0.2) is 12.2 Å². The molecule has 0 aliphatic heterocycles. The van der Waals surface area contributed by atoms with E-state index in [0.717, 1.165) is 18.8 Å². The predicted molar refractivity (Wildman–Crippen MR) is 68.2 cm³/mol. The van der Waals surface area contributed by atoms with Crippen LogP contribution in [0.3, 0.4) is 0 Å². The molecule has 18 heavy (non-hydrogen) atoms. The van der Waals surface area contributed by atoms with Crippen molar-refractivity contribution < 1.29 is 13.2 Å². The molecule has 1 rings (SSSR count). The van der Waals surface area contributed by atoms with E-state index in [1.54, 1.807) is 0 Å². The molecule has 0 spiro atoms. The second-order valence-electron chi connectivity index (χ2n) is 5.74. The van der Waals surface area contributed by atoms with Crippen LogP contribution in [0.1, 0.15) is 64.7 Å². The zero-order valence-corrected chi connectivity index (χ0v) is 11.3. The molecule has 1 unspecified atom stereocenters.